The van der Waals surface area contributed by atoms with Crippen molar-refractivity contribution in [3.8, 4) is 0 Å². The first-order valence-corrected chi connectivity index (χ1v) is 6.70. The molecule has 1 aromatic rings. The van der Waals surface area contributed by atoms with Gasteiger partial charge < -0.3 is 4.74 Å². The Kier molecular flexibility index (Phi) is 2.77. The zero-order chi connectivity index (χ0) is 12.7. The van der Waals surface area contributed by atoms with Gasteiger partial charge in [0.2, 0.25) is 0 Å². The lowest BCUT2D eigenvalue weighted by molar-refractivity contribution is 0.174. The Balaban J connectivity index is 2.08. The quantitative estimate of drug-likeness (QED) is 0.698. The van der Waals surface area contributed by atoms with Crippen LogP contribution >= 0.6 is 0 Å². The summed E-state index contributed by atoms with van der Waals surface area (Å²) >= 11 is 0. The summed E-state index contributed by atoms with van der Waals surface area (Å²) in [5, 5.41) is 0. The molecule has 3 nitrogen and oxygen atoms in total. The van der Waals surface area contributed by atoms with E-state index < -0.39 is 0 Å². The van der Waals surface area contributed by atoms with E-state index in [0.717, 1.165) is 12.1 Å². The number of methoxy groups -OCH3 is 1. The molecule has 3 heteroatoms. The molecule has 1 aliphatic carbocycles. The van der Waals surface area contributed by atoms with Gasteiger partial charge in [0.15, 0.2) is 0 Å². The van der Waals surface area contributed by atoms with Crippen molar-refractivity contribution < 1.29 is 9.53 Å². The van der Waals surface area contributed by atoms with Gasteiger partial charge in [0.1, 0.15) is 0 Å². The van der Waals surface area contributed by atoms with Crippen molar-refractivity contribution in [2.75, 3.05) is 12.0 Å². The molecular formula is C15H19NO2. The molecule has 1 amide bonds. The Hall–Kier alpha value is -1.51. The predicted molar refractivity (Wildman–Crippen MR) is 71.1 cm³/mol. The second-order valence-electron chi connectivity index (χ2n) is 5.36. The van der Waals surface area contributed by atoms with Gasteiger partial charge in [0.05, 0.1) is 12.8 Å². The Morgan fingerprint density at radius 1 is 1.33 bits per heavy atom. The summed E-state index contributed by atoms with van der Waals surface area (Å²) in [6.07, 6.45) is 4.54. The van der Waals surface area contributed by atoms with E-state index in [9.17, 15) is 4.79 Å². The van der Waals surface area contributed by atoms with Crippen LogP contribution in [-0.2, 0) is 4.74 Å². The maximum Gasteiger partial charge on any atom is 0.414 e. The second-order valence-corrected chi connectivity index (χ2v) is 5.36. The Morgan fingerprint density at radius 2 is 2.11 bits per heavy atom. The molecule has 0 spiro atoms. The molecule has 1 aliphatic heterocycles. The standard InChI is InChI=1S/C15H19NO2/c1-10-7-8-12-11-5-3-4-6-13(11)16(14(12)9-10)15(17)18-2/h7-9,11,13H,3-6H2,1-2H3/t11-,13+/m0/s1. The fourth-order valence-electron chi connectivity index (χ4n) is 3.47. The highest BCUT2D eigenvalue weighted by Gasteiger charge is 2.43. The van der Waals surface area contributed by atoms with Gasteiger partial charge >= 0.3 is 6.09 Å². The van der Waals surface area contributed by atoms with Crippen molar-refractivity contribution in [1.29, 1.82) is 0 Å². The number of aryl methyl sites for hydroxylation is 1. The number of anilines is 1. The molecule has 1 heterocycles. The summed E-state index contributed by atoms with van der Waals surface area (Å²) in [6, 6.07) is 6.76. The molecule has 96 valence electrons. The lowest BCUT2D eigenvalue weighted by atomic mass is 9.82. The van der Waals surface area contributed by atoms with Crippen LogP contribution in [0.2, 0.25) is 0 Å². The van der Waals surface area contributed by atoms with E-state index in [1.807, 2.05) is 4.90 Å². The molecule has 0 unspecified atom stereocenters. The number of nitrogens with zero attached hydrogens (tertiary/aromatic N) is 1. The molecule has 1 saturated carbocycles. The van der Waals surface area contributed by atoms with Crippen LogP contribution in [0.5, 0.6) is 0 Å². The topological polar surface area (TPSA) is 29.5 Å². The van der Waals surface area contributed by atoms with Gasteiger partial charge in [-0.1, -0.05) is 25.0 Å². The molecule has 0 bridgehead atoms. The average molecular weight is 245 g/mol. The normalized spacial score (nSPS) is 25.6. The summed E-state index contributed by atoms with van der Waals surface area (Å²) < 4.78 is 4.97. The smallest absolute Gasteiger partial charge is 0.414 e. The fourth-order valence-corrected chi connectivity index (χ4v) is 3.47. The Morgan fingerprint density at radius 3 is 2.89 bits per heavy atom. The number of hydrogen-bond donors (Lipinski definition) is 0. The van der Waals surface area contributed by atoms with E-state index in [1.165, 1.54) is 37.5 Å². The highest BCUT2D eigenvalue weighted by Crippen LogP contribution is 2.48. The molecule has 0 N–H and O–H groups in total. The highest BCUT2D eigenvalue weighted by molar-refractivity contribution is 5.92. The summed E-state index contributed by atoms with van der Waals surface area (Å²) in [5.74, 6) is 0.508. The summed E-state index contributed by atoms with van der Waals surface area (Å²) in [7, 11) is 1.47. The highest BCUT2D eigenvalue weighted by atomic mass is 16.5. The van der Waals surface area contributed by atoms with Crippen LogP contribution in [-0.4, -0.2) is 19.2 Å². The number of hydrogen-bond acceptors (Lipinski definition) is 2. The van der Waals surface area contributed by atoms with Crippen LogP contribution < -0.4 is 4.90 Å². The largest absolute Gasteiger partial charge is 0.452 e. The van der Waals surface area contributed by atoms with Crippen molar-refractivity contribution in [2.45, 2.75) is 44.6 Å². The minimum atomic E-state index is -0.212. The number of benzene rings is 1. The van der Waals surface area contributed by atoms with Crippen molar-refractivity contribution in [3.05, 3.63) is 29.3 Å². The summed E-state index contributed by atoms with van der Waals surface area (Å²) in [4.78, 5) is 13.9. The molecule has 0 radical (unpaired) electrons. The van der Waals surface area contributed by atoms with Gasteiger partial charge in [-0.2, -0.15) is 0 Å². The minimum Gasteiger partial charge on any atom is -0.452 e. The first-order valence-electron chi connectivity index (χ1n) is 6.70. The molecule has 0 saturated heterocycles. The van der Waals surface area contributed by atoms with Gasteiger partial charge in [-0.25, -0.2) is 4.79 Å². The third-order valence-corrected chi connectivity index (χ3v) is 4.28. The van der Waals surface area contributed by atoms with Crippen molar-refractivity contribution in [1.82, 2.24) is 0 Å². The molecular weight excluding hydrogens is 226 g/mol. The number of rotatable bonds is 0. The Labute approximate surface area is 108 Å². The molecule has 1 aromatic carbocycles. The maximum absolute atomic E-state index is 12.0. The third kappa shape index (κ3) is 1.61. The number of ether oxygens (including phenoxy) is 1. The molecule has 2 atom stereocenters. The first kappa shape index (κ1) is 11.6. The van der Waals surface area contributed by atoms with E-state index in [4.69, 9.17) is 4.74 Å². The molecule has 1 fully saturated rings. The van der Waals surface area contributed by atoms with Crippen molar-refractivity contribution in [3.63, 3.8) is 0 Å². The van der Waals surface area contributed by atoms with Gasteiger partial charge in [-0.3, -0.25) is 4.90 Å². The fraction of sp³-hybridized carbons (Fsp3) is 0.533. The van der Waals surface area contributed by atoms with Crippen molar-refractivity contribution in [2.24, 2.45) is 0 Å². The van der Waals surface area contributed by atoms with Crippen LogP contribution in [0.25, 0.3) is 0 Å². The lowest BCUT2D eigenvalue weighted by Crippen LogP contribution is -2.40. The van der Waals surface area contributed by atoms with E-state index in [-0.39, 0.29) is 6.09 Å². The molecule has 2 aliphatic rings. The van der Waals surface area contributed by atoms with Gasteiger partial charge in [-0.15, -0.1) is 0 Å². The summed E-state index contributed by atoms with van der Waals surface area (Å²) in [6.45, 7) is 2.07. The number of fused-ring (bicyclic) bond motifs is 3. The monoisotopic (exact) mass is 245 g/mol. The lowest BCUT2D eigenvalue weighted by Gasteiger charge is -2.31. The van der Waals surface area contributed by atoms with Crippen LogP contribution in [0.15, 0.2) is 18.2 Å². The van der Waals surface area contributed by atoms with Crippen LogP contribution in [0, 0.1) is 6.92 Å². The predicted octanol–water partition coefficient (Wildman–Crippen LogP) is 3.61. The van der Waals surface area contributed by atoms with E-state index in [1.54, 1.807) is 0 Å². The van der Waals surface area contributed by atoms with Gasteiger partial charge in [-0.05, 0) is 37.0 Å². The SMILES string of the molecule is COC(=O)N1c2cc(C)ccc2[C@@H]2CCCC[C@H]21. The minimum absolute atomic E-state index is 0.212. The van der Waals surface area contributed by atoms with Crippen LogP contribution in [0.3, 0.4) is 0 Å². The zero-order valence-electron chi connectivity index (χ0n) is 11.0. The second kappa shape index (κ2) is 4.30. The zero-order valence-corrected chi connectivity index (χ0v) is 11.0. The number of carbonyl (C=O) groups is 1. The van der Waals surface area contributed by atoms with Crippen molar-refractivity contribution >= 4 is 11.8 Å². The Bertz CT molecular complexity index is 483. The van der Waals surface area contributed by atoms with Crippen LogP contribution in [0.4, 0.5) is 10.5 Å². The molecule has 18 heavy (non-hydrogen) atoms. The van der Waals surface area contributed by atoms with Gasteiger partial charge in [0, 0.05) is 12.0 Å². The van der Waals surface area contributed by atoms with Gasteiger partial charge in [0.25, 0.3) is 0 Å². The van der Waals surface area contributed by atoms with E-state index >= 15 is 0 Å². The third-order valence-electron chi connectivity index (χ3n) is 4.28. The average Bonchev–Trinajstić information content (AvgIpc) is 2.71. The maximum atomic E-state index is 12.0. The molecule has 3 rings (SSSR count). The first-order chi connectivity index (χ1) is 8.72. The number of amides is 1. The molecule has 0 aromatic heterocycles. The van der Waals surface area contributed by atoms with E-state index in [0.29, 0.717) is 12.0 Å². The summed E-state index contributed by atoms with van der Waals surface area (Å²) in [5.41, 5.74) is 3.59. The van der Waals surface area contributed by atoms with Crippen LogP contribution in [0.1, 0.15) is 42.7 Å². The van der Waals surface area contributed by atoms with E-state index in [2.05, 4.69) is 25.1 Å². The number of carbonyl (C=O) groups excluding carboxylic acids is 1.